The number of hydrogen-bond acceptors (Lipinski definition) is 2. The number of piperazine rings is 1. The van der Waals surface area contributed by atoms with Crippen LogP contribution in [0.2, 0.25) is 0 Å². The van der Waals surface area contributed by atoms with Crippen LogP contribution in [-0.4, -0.2) is 29.1 Å². The molecule has 1 fully saturated rings. The minimum atomic E-state index is 0.261. The first-order valence-electron chi connectivity index (χ1n) is 8.52. The summed E-state index contributed by atoms with van der Waals surface area (Å²) in [6.07, 6.45) is 3.59. The molecular weight excluding hydrogens is 256 g/mol. The standard InChI is InChI=1S/C19H32N2/c1-6-18(5)14-20-19(7-2,8-3)15-21(18)13-17-11-9-10-16(4)12-17/h9-12,20H,6-8,13-15H2,1-5H3. The second-order valence-corrected chi connectivity index (χ2v) is 7.04. The number of benzene rings is 1. The van der Waals surface area contributed by atoms with Gasteiger partial charge in [-0.2, -0.15) is 0 Å². The molecule has 2 rings (SSSR count). The summed E-state index contributed by atoms with van der Waals surface area (Å²) in [4.78, 5) is 2.71. The van der Waals surface area contributed by atoms with E-state index in [1.54, 1.807) is 0 Å². The molecule has 2 heteroatoms. The van der Waals surface area contributed by atoms with E-state index in [2.05, 4.69) is 69.1 Å². The molecule has 1 atom stereocenters. The highest BCUT2D eigenvalue weighted by Gasteiger charge is 2.42. The van der Waals surface area contributed by atoms with Crippen molar-refractivity contribution in [1.29, 1.82) is 0 Å². The number of aryl methyl sites for hydroxylation is 1. The van der Waals surface area contributed by atoms with Crippen molar-refractivity contribution in [2.45, 2.75) is 71.5 Å². The van der Waals surface area contributed by atoms with Gasteiger partial charge in [-0.05, 0) is 38.7 Å². The summed E-state index contributed by atoms with van der Waals surface area (Å²) in [5, 5.41) is 3.86. The van der Waals surface area contributed by atoms with Crippen molar-refractivity contribution in [1.82, 2.24) is 10.2 Å². The molecule has 1 aromatic carbocycles. The lowest BCUT2D eigenvalue weighted by molar-refractivity contribution is 0.00275. The second-order valence-electron chi connectivity index (χ2n) is 7.04. The Kier molecular flexibility index (Phi) is 5.11. The average molecular weight is 288 g/mol. The molecule has 1 N–H and O–H groups in total. The zero-order valence-corrected chi connectivity index (χ0v) is 14.5. The quantitative estimate of drug-likeness (QED) is 0.876. The lowest BCUT2D eigenvalue weighted by Crippen LogP contribution is -2.68. The third-order valence-electron chi connectivity index (χ3n) is 5.67. The van der Waals surface area contributed by atoms with Gasteiger partial charge in [0.1, 0.15) is 0 Å². The van der Waals surface area contributed by atoms with Gasteiger partial charge < -0.3 is 5.32 Å². The van der Waals surface area contributed by atoms with Crippen molar-refractivity contribution in [2.24, 2.45) is 0 Å². The summed E-state index contributed by atoms with van der Waals surface area (Å²) in [6.45, 7) is 14.8. The zero-order valence-electron chi connectivity index (χ0n) is 14.5. The number of rotatable bonds is 5. The van der Waals surface area contributed by atoms with E-state index < -0.39 is 0 Å². The van der Waals surface area contributed by atoms with Crippen molar-refractivity contribution in [3.63, 3.8) is 0 Å². The Morgan fingerprint density at radius 3 is 2.43 bits per heavy atom. The lowest BCUT2D eigenvalue weighted by Gasteiger charge is -2.53. The minimum absolute atomic E-state index is 0.261. The highest BCUT2D eigenvalue weighted by molar-refractivity contribution is 5.22. The molecular formula is C19H32N2. The fraction of sp³-hybridized carbons (Fsp3) is 0.684. The maximum atomic E-state index is 3.86. The predicted octanol–water partition coefficient (Wildman–Crippen LogP) is 4.13. The predicted molar refractivity (Wildman–Crippen MR) is 91.6 cm³/mol. The Bertz CT molecular complexity index is 464. The Hall–Kier alpha value is -0.860. The molecule has 0 radical (unpaired) electrons. The molecule has 21 heavy (non-hydrogen) atoms. The summed E-state index contributed by atoms with van der Waals surface area (Å²) >= 11 is 0. The number of nitrogens with one attached hydrogen (secondary N) is 1. The molecule has 1 aliphatic rings. The van der Waals surface area contributed by atoms with Crippen molar-refractivity contribution in [3.8, 4) is 0 Å². The van der Waals surface area contributed by atoms with E-state index in [4.69, 9.17) is 0 Å². The first kappa shape index (κ1) is 16.5. The molecule has 118 valence electrons. The van der Waals surface area contributed by atoms with Crippen molar-refractivity contribution in [2.75, 3.05) is 13.1 Å². The maximum absolute atomic E-state index is 3.86. The topological polar surface area (TPSA) is 15.3 Å². The van der Waals surface area contributed by atoms with Crippen LogP contribution in [0.25, 0.3) is 0 Å². The van der Waals surface area contributed by atoms with Crippen molar-refractivity contribution >= 4 is 0 Å². The third-order valence-corrected chi connectivity index (χ3v) is 5.67. The Balaban J connectivity index is 2.22. The molecule has 0 spiro atoms. The van der Waals surface area contributed by atoms with Gasteiger partial charge in [0, 0.05) is 30.7 Å². The van der Waals surface area contributed by atoms with Gasteiger partial charge in [0.05, 0.1) is 0 Å². The molecule has 1 saturated heterocycles. The van der Waals surface area contributed by atoms with E-state index in [0.717, 1.165) is 19.6 Å². The molecule has 0 amide bonds. The lowest BCUT2D eigenvalue weighted by atomic mass is 9.82. The summed E-state index contributed by atoms with van der Waals surface area (Å²) < 4.78 is 0. The highest BCUT2D eigenvalue weighted by atomic mass is 15.3. The van der Waals surface area contributed by atoms with Gasteiger partial charge in [0.2, 0.25) is 0 Å². The van der Waals surface area contributed by atoms with E-state index in [-0.39, 0.29) is 5.54 Å². The molecule has 2 nitrogen and oxygen atoms in total. The summed E-state index contributed by atoms with van der Waals surface area (Å²) in [6, 6.07) is 8.97. The monoisotopic (exact) mass is 288 g/mol. The van der Waals surface area contributed by atoms with E-state index in [0.29, 0.717) is 5.54 Å². The summed E-state index contributed by atoms with van der Waals surface area (Å²) in [5.74, 6) is 0. The molecule has 0 aromatic heterocycles. The maximum Gasteiger partial charge on any atom is 0.0307 e. The van der Waals surface area contributed by atoms with E-state index in [9.17, 15) is 0 Å². The number of hydrogen-bond donors (Lipinski definition) is 1. The largest absolute Gasteiger partial charge is 0.308 e. The molecule has 1 heterocycles. The smallest absolute Gasteiger partial charge is 0.0307 e. The van der Waals surface area contributed by atoms with Crippen LogP contribution in [0.1, 0.15) is 58.1 Å². The van der Waals surface area contributed by atoms with Gasteiger partial charge in [0.25, 0.3) is 0 Å². The van der Waals surface area contributed by atoms with Gasteiger partial charge in [-0.3, -0.25) is 4.90 Å². The second kappa shape index (κ2) is 6.50. The Morgan fingerprint density at radius 1 is 1.14 bits per heavy atom. The van der Waals surface area contributed by atoms with Gasteiger partial charge in [-0.1, -0.05) is 50.6 Å². The van der Waals surface area contributed by atoms with Crippen LogP contribution in [0.3, 0.4) is 0 Å². The molecule has 0 saturated carbocycles. The molecule has 0 aliphatic carbocycles. The molecule has 1 aromatic rings. The van der Waals surface area contributed by atoms with Crippen molar-refractivity contribution in [3.05, 3.63) is 35.4 Å². The van der Waals surface area contributed by atoms with E-state index in [1.807, 2.05) is 0 Å². The Morgan fingerprint density at radius 2 is 1.86 bits per heavy atom. The van der Waals surface area contributed by atoms with Crippen LogP contribution >= 0.6 is 0 Å². The van der Waals surface area contributed by atoms with Crippen molar-refractivity contribution < 1.29 is 0 Å². The first-order valence-corrected chi connectivity index (χ1v) is 8.52. The van der Waals surface area contributed by atoms with E-state index in [1.165, 1.54) is 30.4 Å². The normalized spacial score (nSPS) is 26.0. The highest BCUT2D eigenvalue weighted by Crippen LogP contribution is 2.31. The van der Waals surface area contributed by atoms with Gasteiger partial charge >= 0.3 is 0 Å². The minimum Gasteiger partial charge on any atom is -0.308 e. The van der Waals surface area contributed by atoms with E-state index >= 15 is 0 Å². The average Bonchev–Trinajstić information content (AvgIpc) is 2.50. The van der Waals surface area contributed by atoms with Gasteiger partial charge in [-0.25, -0.2) is 0 Å². The fourth-order valence-corrected chi connectivity index (χ4v) is 3.45. The Labute approximate surface area is 130 Å². The van der Waals surface area contributed by atoms with Gasteiger partial charge in [0.15, 0.2) is 0 Å². The summed E-state index contributed by atoms with van der Waals surface area (Å²) in [5.41, 5.74) is 3.35. The fourth-order valence-electron chi connectivity index (χ4n) is 3.45. The first-order chi connectivity index (χ1) is 9.97. The van der Waals surface area contributed by atoms with Gasteiger partial charge in [-0.15, -0.1) is 0 Å². The summed E-state index contributed by atoms with van der Waals surface area (Å²) in [7, 11) is 0. The van der Waals surface area contributed by atoms with Crippen LogP contribution in [0.4, 0.5) is 0 Å². The van der Waals surface area contributed by atoms with Crippen LogP contribution in [-0.2, 0) is 6.54 Å². The van der Waals surface area contributed by atoms with Crippen LogP contribution in [0, 0.1) is 6.92 Å². The number of nitrogens with zero attached hydrogens (tertiary/aromatic N) is 1. The van der Waals surface area contributed by atoms with Crippen LogP contribution in [0.5, 0.6) is 0 Å². The molecule has 1 aliphatic heterocycles. The molecule has 0 bridgehead atoms. The zero-order chi connectivity index (χ0) is 15.5. The van der Waals surface area contributed by atoms with Crippen LogP contribution in [0.15, 0.2) is 24.3 Å². The van der Waals surface area contributed by atoms with Crippen LogP contribution < -0.4 is 5.32 Å². The molecule has 1 unspecified atom stereocenters. The third kappa shape index (κ3) is 3.49. The SMILES string of the molecule is CCC1(CC)CN(Cc2cccc(C)c2)C(C)(CC)CN1.